The summed E-state index contributed by atoms with van der Waals surface area (Å²) in [7, 11) is 0. The summed E-state index contributed by atoms with van der Waals surface area (Å²) in [5.41, 5.74) is -0.756. The van der Waals surface area contributed by atoms with Gasteiger partial charge in [-0.1, -0.05) is 0 Å². The first kappa shape index (κ1) is 14.9. The lowest BCUT2D eigenvalue weighted by atomic mass is 10.2. The highest BCUT2D eigenvalue weighted by Crippen LogP contribution is 2.30. The molecule has 0 saturated carbocycles. The Morgan fingerprint density at radius 3 is 2.48 bits per heavy atom. The average Bonchev–Trinajstić information content (AvgIpc) is 2.80. The van der Waals surface area contributed by atoms with Crippen molar-refractivity contribution in [3.8, 4) is 11.6 Å². The lowest BCUT2D eigenvalue weighted by Gasteiger charge is -2.08. The molecule has 0 atom stereocenters. The summed E-state index contributed by atoms with van der Waals surface area (Å²) in [5.74, 6) is -1.10. The molecule has 5 nitrogen and oxygen atoms in total. The molecule has 2 aromatic rings. The zero-order valence-corrected chi connectivity index (χ0v) is 10.9. The van der Waals surface area contributed by atoms with E-state index in [1.807, 2.05) is 0 Å². The van der Waals surface area contributed by atoms with Crippen molar-refractivity contribution in [2.24, 2.45) is 0 Å². The molecular formula is C13H11F3N2O3. The number of halogens is 3. The molecule has 21 heavy (non-hydrogen) atoms. The third-order valence-electron chi connectivity index (χ3n) is 2.61. The van der Waals surface area contributed by atoms with Crippen molar-refractivity contribution in [3.63, 3.8) is 0 Å². The molecule has 1 heterocycles. The van der Waals surface area contributed by atoms with E-state index in [4.69, 9.17) is 4.74 Å². The van der Waals surface area contributed by atoms with E-state index in [1.54, 1.807) is 6.92 Å². The smallest absolute Gasteiger partial charge is 0.416 e. The van der Waals surface area contributed by atoms with Crippen molar-refractivity contribution in [3.05, 3.63) is 41.6 Å². The second-order valence-electron chi connectivity index (χ2n) is 4.06. The number of aromatic hydroxyl groups is 1. The molecule has 1 aromatic heterocycles. The zero-order chi connectivity index (χ0) is 15.6. The van der Waals surface area contributed by atoms with E-state index >= 15 is 0 Å². The molecule has 8 heteroatoms. The van der Waals surface area contributed by atoms with E-state index in [9.17, 15) is 23.1 Å². The van der Waals surface area contributed by atoms with E-state index < -0.39 is 17.7 Å². The highest BCUT2D eigenvalue weighted by molar-refractivity contribution is 5.87. The standard InChI is InChI=1S/C13H11F3N2O3/c1-2-21-12(20)10-7-11(19)18(17-10)9-5-3-8(4-6-9)13(14,15)16/h3-7,19H,2H2,1H3. The van der Waals surface area contributed by atoms with Gasteiger partial charge < -0.3 is 9.84 Å². The van der Waals surface area contributed by atoms with Crippen LogP contribution in [-0.4, -0.2) is 27.5 Å². The number of aromatic nitrogens is 2. The third kappa shape index (κ3) is 3.15. The van der Waals surface area contributed by atoms with Crippen LogP contribution in [0, 0.1) is 0 Å². The Morgan fingerprint density at radius 1 is 1.33 bits per heavy atom. The fourth-order valence-corrected chi connectivity index (χ4v) is 1.66. The molecule has 1 N–H and O–H groups in total. The molecule has 0 saturated heterocycles. The summed E-state index contributed by atoms with van der Waals surface area (Å²) in [6.45, 7) is 1.76. The second-order valence-corrected chi connectivity index (χ2v) is 4.06. The van der Waals surface area contributed by atoms with E-state index in [2.05, 4.69) is 5.10 Å². The van der Waals surface area contributed by atoms with Crippen molar-refractivity contribution >= 4 is 5.97 Å². The second kappa shape index (κ2) is 5.47. The summed E-state index contributed by atoms with van der Waals surface area (Å²) in [6, 6.07) is 5.09. The summed E-state index contributed by atoms with van der Waals surface area (Å²) in [5, 5.41) is 13.5. The highest BCUT2D eigenvalue weighted by atomic mass is 19.4. The maximum atomic E-state index is 12.5. The molecule has 0 amide bonds. The van der Waals surface area contributed by atoms with Gasteiger partial charge in [-0.2, -0.15) is 18.3 Å². The molecule has 112 valence electrons. The number of benzene rings is 1. The quantitative estimate of drug-likeness (QED) is 0.885. The molecule has 2 rings (SSSR count). The lowest BCUT2D eigenvalue weighted by Crippen LogP contribution is -2.07. The Balaban J connectivity index is 2.32. The molecule has 0 aliphatic rings. The molecule has 0 aliphatic carbocycles. The first-order chi connectivity index (χ1) is 9.82. The minimum absolute atomic E-state index is 0.130. The topological polar surface area (TPSA) is 64.3 Å². The van der Waals surface area contributed by atoms with Crippen LogP contribution in [0.4, 0.5) is 13.2 Å². The van der Waals surface area contributed by atoms with Gasteiger partial charge in [0.15, 0.2) is 5.69 Å². The SMILES string of the molecule is CCOC(=O)c1cc(O)n(-c2ccc(C(F)(F)F)cc2)n1. The predicted molar refractivity (Wildman–Crippen MR) is 66.2 cm³/mol. The van der Waals surface area contributed by atoms with Crippen LogP contribution in [0.3, 0.4) is 0 Å². The highest BCUT2D eigenvalue weighted by Gasteiger charge is 2.30. The van der Waals surface area contributed by atoms with E-state index in [0.29, 0.717) is 0 Å². The van der Waals surface area contributed by atoms with Gasteiger partial charge in [0, 0.05) is 6.07 Å². The molecule has 0 fully saturated rings. The fraction of sp³-hybridized carbons (Fsp3) is 0.231. The van der Waals surface area contributed by atoms with Gasteiger partial charge in [0.1, 0.15) is 0 Å². The molecule has 0 radical (unpaired) electrons. The van der Waals surface area contributed by atoms with Crippen molar-refractivity contribution in [2.75, 3.05) is 6.61 Å². The number of hydrogen-bond donors (Lipinski definition) is 1. The Morgan fingerprint density at radius 2 is 1.95 bits per heavy atom. The van der Waals surface area contributed by atoms with Gasteiger partial charge in [0.25, 0.3) is 0 Å². The van der Waals surface area contributed by atoms with Gasteiger partial charge in [0.2, 0.25) is 5.88 Å². The number of ether oxygens (including phenoxy) is 1. The Labute approximate surface area is 117 Å². The largest absolute Gasteiger partial charge is 0.493 e. The summed E-state index contributed by atoms with van der Waals surface area (Å²) < 4.78 is 43.1. The number of esters is 1. The maximum absolute atomic E-state index is 12.5. The predicted octanol–water partition coefficient (Wildman–Crippen LogP) is 2.77. The molecule has 0 unspecified atom stereocenters. The summed E-state index contributed by atoms with van der Waals surface area (Å²) in [6.07, 6.45) is -4.44. The summed E-state index contributed by atoms with van der Waals surface area (Å²) >= 11 is 0. The van der Waals surface area contributed by atoms with Gasteiger partial charge in [-0.25, -0.2) is 9.48 Å². The minimum Gasteiger partial charge on any atom is -0.493 e. The average molecular weight is 300 g/mol. The van der Waals surface area contributed by atoms with Crippen molar-refractivity contribution < 1.29 is 27.8 Å². The van der Waals surface area contributed by atoms with Crippen LogP contribution in [0.15, 0.2) is 30.3 Å². The van der Waals surface area contributed by atoms with E-state index in [1.165, 1.54) is 0 Å². The van der Waals surface area contributed by atoms with Gasteiger partial charge >= 0.3 is 12.1 Å². The van der Waals surface area contributed by atoms with Crippen molar-refractivity contribution in [2.45, 2.75) is 13.1 Å². The van der Waals surface area contributed by atoms with Crippen LogP contribution in [-0.2, 0) is 10.9 Å². The number of alkyl halides is 3. The third-order valence-corrected chi connectivity index (χ3v) is 2.61. The number of carbonyl (C=O) groups is 1. The first-order valence-electron chi connectivity index (χ1n) is 5.96. The number of carbonyl (C=O) groups excluding carboxylic acids is 1. The molecule has 0 spiro atoms. The van der Waals surface area contributed by atoms with Crippen molar-refractivity contribution in [1.29, 1.82) is 0 Å². The Hall–Kier alpha value is -2.51. The van der Waals surface area contributed by atoms with Crippen LogP contribution in [0.2, 0.25) is 0 Å². The van der Waals surface area contributed by atoms with Crippen LogP contribution in [0.5, 0.6) is 5.88 Å². The summed E-state index contributed by atoms with van der Waals surface area (Å²) in [4.78, 5) is 11.5. The van der Waals surface area contributed by atoms with Crippen LogP contribution >= 0.6 is 0 Å². The lowest BCUT2D eigenvalue weighted by molar-refractivity contribution is -0.137. The van der Waals surface area contributed by atoms with Gasteiger partial charge in [0.05, 0.1) is 17.9 Å². The van der Waals surface area contributed by atoms with Crippen LogP contribution in [0.1, 0.15) is 23.0 Å². The van der Waals surface area contributed by atoms with Gasteiger partial charge in [-0.3, -0.25) is 0 Å². The van der Waals surface area contributed by atoms with E-state index in [-0.39, 0.29) is 23.9 Å². The monoisotopic (exact) mass is 300 g/mol. The Kier molecular flexibility index (Phi) is 3.88. The zero-order valence-electron chi connectivity index (χ0n) is 10.9. The fourth-order valence-electron chi connectivity index (χ4n) is 1.66. The minimum atomic E-state index is -4.44. The molecule has 0 aliphatic heterocycles. The Bertz CT molecular complexity index is 648. The van der Waals surface area contributed by atoms with E-state index in [0.717, 1.165) is 35.0 Å². The maximum Gasteiger partial charge on any atom is 0.416 e. The van der Waals surface area contributed by atoms with Gasteiger partial charge in [-0.15, -0.1) is 0 Å². The van der Waals surface area contributed by atoms with Gasteiger partial charge in [-0.05, 0) is 31.2 Å². The number of nitrogens with zero attached hydrogens (tertiary/aromatic N) is 2. The first-order valence-corrected chi connectivity index (χ1v) is 5.96. The number of hydrogen-bond acceptors (Lipinski definition) is 4. The molecule has 0 bridgehead atoms. The molecule has 1 aromatic carbocycles. The van der Waals surface area contributed by atoms with Crippen LogP contribution < -0.4 is 0 Å². The molecular weight excluding hydrogens is 289 g/mol. The van der Waals surface area contributed by atoms with Crippen molar-refractivity contribution in [1.82, 2.24) is 9.78 Å². The normalized spacial score (nSPS) is 11.4. The van der Waals surface area contributed by atoms with Crippen LogP contribution in [0.25, 0.3) is 5.69 Å². The number of rotatable bonds is 3.